The van der Waals surface area contributed by atoms with Crippen molar-refractivity contribution in [3.8, 4) is 0 Å². The van der Waals surface area contributed by atoms with E-state index in [1.54, 1.807) is 4.90 Å². The molecule has 24 heavy (non-hydrogen) atoms. The van der Waals surface area contributed by atoms with Gasteiger partial charge in [0, 0.05) is 25.7 Å². The molecule has 0 unspecified atom stereocenters. The summed E-state index contributed by atoms with van der Waals surface area (Å²) in [5.41, 5.74) is 0. The van der Waals surface area contributed by atoms with E-state index in [2.05, 4.69) is 5.32 Å². The highest BCUT2D eigenvalue weighted by Gasteiger charge is 2.39. The van der Waals surface area contributed by atoms with Crippen molar-refractivity contribution in [3.05, 3.63) is 0 Å². The first-order valence-corrected chi connectivity index (χ1v) is 9.56. The van der Waals surface area contributed by atoms with E-state index in [9.17, 15) is 9.59 Å². The Balaban J connectivity index is 1.59. The molecule has 2 aliphatic heterocycles. The summed E-state index contributed by atoms with van der Waals surface area (Å²) in [4.78, 5) is 29.3. The number of amides is 3. The third-order valence-electron chi connectivity index (χ3n) is 5.46. The first-order chi connectivity index (χ1) is 11.5. The van der Waals surface area contributed by atoms with Gasteiger partial charge in [0.05, 0.1) is 12.2 Å². The molecule has 3 aliphatic rings. The number of morpholine rings is 1. The number of nitrogens with zero attached hydrogens (tertiary/aromatic N) is 2. The van der Waals surface area contributed by atoms with Crippen LogP contribution >= 0.6 is 0 Å². The fraction of sp³-hybridized carbons (Fsp3) is 0.889. The molecule has 1 saturated carbocycles. The molecule has 6 nitrogen and oxygen atoms in total. The van der Waals surface area contributed by atoms with Crippen molar-refractivity contribution in [3.63, 3.8) is 0 Å². The summed E-state index contributed by atoms with van der Waals surface area (Å²) in [6, 6.07) is -0.0655. The van der Waals surface area contributed by atoms with Gasteiger partial charge in [-0.05, 0) is 39.5 Å². The number of carbonyl (C=O) groups excluding carboxylic acids is 2. The van der Waals surface area contributed by atoms with Crippen LogP contribution in [0.1, 0.15) is 58.8 Å². The van der Waals surface area contributed by atoms with E-state index in [1.165, 1.54) is 19.3 Å². The summed E-state index contributed by atoms with van der Waals surface area (Å²) in [7, 11) is 0. The highest BCUT2D eigenvalue weighted by Crippen LogP contribution is 2.23. The van der Waals surface area contributed by atoms with Crippen molar-refractivity contribution < 1.29 is 14.3 Å². The van der Waals surface area contributed by atoms with Crippen molar-refractivity contribution in [2.45, 2.75) is 83.1 Å². The van der Waals surface area contributed by atoms with E-state index in [4.69, 9.17) is 4.74 Å². The fourth-order valence-electron chi connectivity index (χ4n) is 4.34. The third-order valence-corrected chi connectivity index (χ3v) is 5.46. The maximum Gasteiger partial charge on any atom is 0.318 e. The Morgan fingerprint density at radius 1 is 0.958 bits per heavy atom. The Bertz CT molecular complexity index is 454. The van der Waals surface area contributed by atoms with E-state index < -0.39 is 0 Å². The summed E-state index contributed by atoms with van der Waals surface area (Å²) < 4.78 is 5.72. The molecular weight excluding hydrogens is 306 g/mol. The van der Waals surface area contributed by atoms with Crippen LogP contribution in [0, 0.1) is 0 Å². The van der Waals surface area contributed by atoms with Crippen molar-refractivity contribution in [1.29, 1.82) is 0 Å². The summed E-state index contributed by atoms with van der Waals surface area (Å²) in [6.07, 6.45) is 7.58. The van der Waals surface area contributed by atoms with Crippen molar-refractivity contribution in [2.75, 3.05) is 19.6 Å². The van der Waals surface area contributed by atoms with Gasteiger partial charge in [0.15, 0.2) is 0 Å². The Kier molecular flexibility index (Phi) is 5.64. The minimum Gasteiger partial charge on any atom is -0.372 e. The molecule has 3 amide bonds. The van der Waals surface area contributed by atoms with Gasteiger partial charge in [0.25, 0.3) is 0 Å². The van der Waals surface area contributed by atoms with Gasteiger partial charge in [-0.3, -0.25) is 4.79 Å². The van der Waals surface area contributed by atoms with Crippen LogP contribution in [-0.2, 0) is 9.53 Å². The molecular formula is C18H31N3O3. The maximum atomic E-state index is 12.9. The Labute approximate surface area is 144 Å². The molecule has 3 fully saturated rings. The Morgan fingerprint density at radius 3 is 2.29 bits per heavy atom. The van der Waals surface area contributed by atoms with Crippen LogP contribution in [0.2, 0.25) is 0 Å². The lowest BCUT2D eigenvalue weighted by molar-refractivity contribution is -0.147. The molecule has 136 valence electrons. The van der Waals surface area contributed by atoms with E-state index in [0.717, 1.165) is 25.7 Å². The lowest BCUT2D eigenvalue weighted by atomic mass is 9.96. The van der Waals surface area contributed by atoms with Gasteiger partial charge in [-0.1, -0.05) is 19.3 Å². The predicted octanol–water partition coefficient (Wildman–Crippen LogP) is 2.13. The molecule has 0 aromatic heterocycles. The first kappa shape index (κ1) is 17.5. The van der Waals surface area contributed by atoms with Gasteiger partial charge in [-0.15, -0.1) is 0 Å². The molecule has 0 bridgehead atoms. The SMILES string of the molecule is C[C@@H]1CN(C(=O)[C@@H]2CCCN2C(=O)NC2CCCCC2)C[C@H](C)O1. The topological polar surface area (TPSA) is 61.9 Å². The standard InChI is InChI=1S/C18H31N3O3/c1-13-11-20(12-14(2)24-13)17(22)16-9-6-10-21(16)18(23)19-15-7-4-3-5-8-15/h13-16H,3-12H2,1-2H3,(H,19,23)/t13-,14+,16-/m0/s1. The van der Waals surface area contributed by atoms with Crippen molar-refractivity contribution >= 4 is 11.9 Å². The normalized spacial score (nSPS) is 32.0. The van der Waals surface area contributed by atoms with Gasteiger partial charge in [-0.2, -0.15) is 0 Å². The van der Waals surface area contributed by atoms with Gasteiger partial charge >= 0.3 is 6.03 Å². The average Bonchev–Trinajstić information content (AvgIpc) is 3.04. The highest BCUT2D eigenvalue weighted by atomic mass is 16.5. The smallest absolute Gasteiger partial charge is 0.318 e. The van der Waals surface area contributed by atoms with Crippen molar-refractivity contribution in [2.24, 2.45) is 0 Å². The van der Waals surface area contributed by atoms with E-state index in [-0.39, 0.29) is 36.2 Å². The second-order valence-corrected chi connectivity index (χ2v) is 7.64. The van der Waals surface area contributed by atoms with Crippen molar-refractivity contribution in [1.82, 2.24) is 15.1 Å². The van der Waals surface area contributed by atoms with Gasteiger partial charge in [0.1, 0.15) is 6.04 Å². The van der Waals surface area contributed by atoms with Crippen LogP contribution in [0.25, 0.3) is 0 Å². The maximum absolute atomic E-state index is 12.9. The van der Waals surface area contributed by atoms with Gasteiger partial charge in [-0.25, -0.2) is 4.79 Å². The number of urea groups is 1. The second-order valence-electron chi connectivity index (χ2n) is 7.64. The van der Waals surface area contributed by atoms with Crippen LogP contribution in [0.3, 0.4) is 0 Å². The highest BCUT2D eigenvalue weighted by molar-refractivity contribution is 5.88. The van der Waals surface area contributed by atoms with Crippen LogP contribution in [0.15, 0.2) is 0 Å². The van der Waals surface area contributed by atoms with Gasteiger partial charge < -0.3 is 19.9 Å². The molecule has 0 aromatic carbocycles. The van der Waals surface area contributed by atoms with Gasteiger partial charge in [0.2, 0.25) is 5.91 Å². The number of hydrogen-bond acceptors (Lipinski definition) is 3. The molecule has 2 saturated heterocycles. The fourth-order valence-corrected chi connectivity index (χ4v) is 4.34. The molecule has 0 aromatic rings. The number of carbonyl (C=O) groups is 2. The quantitative estimate of drug-likeness (QED) is 0.840. The Morgan fingerprint density at radius 2 is 1.62 bits per heavy atom. The van der Waals surface area contributed by atoms with Crippen LogP contribution in [-0.4, -0.2) is 65.7 Å². The van der Waals surface area contributed by atoms with Crippen LogP contribution < -0.4 is 5.32 Å². The summed E-state index contributed by atoms with van der Waals surface area (Å²) >= 11 is 0. The Hall–Kier alpha value is -1.30. The predicted molar refractivity (Wildman–Crippen MR) is 91.7 cm³/mol. The summed E-state index contributed by atoms with van der Waals surface area (Å²) in [5, 5.41) is 3.16. The molecule has 6 heteroatoms. The first-order valence-electron chi connectivity index (χ1n) is 9.56. The van der Waals surface area contributed by atoms with Crippen LogP contribution in [0.4, 0.5) is 4.79 Å². The summed E-state index contributed by atoms with van der Waals surface area (Å²) in [6.45, 7) is 5.93. The van der Waals surface area contributed by atoms with E-state index in [0.29, 0.717) is 19.6 Å². The number of ether oxygens (including phenoxy) is 1. The second kappa shape index (κ2) is 7.72. The van der Waals surface area contributed by atoms with E-state index >= 15 is 0 Å². The number of nitrogens with one attached hydrogen (secondary N) is 1. The number of rotatable bonds is 2. The minimum atomic E-state index is -0.300. The zero-order valence-corrected chi connectivity index (χ0v) is 15.0. The molecule has 3 rings (SSSR count). The summed E-state index contributed by atoms with van der Waals surface area (Å²) in [5.74, 6) is 0.0910. The third kappa shape index (κ3) is 4.02. The zero-order valence-electron chi connectivity index (χ0n) is 15.0. The van der Waals surface area contributed by atoms with Crippen LogP contribution in [0.5, 0.6) is 0 Å². The molecule has 3 atom stereocenters. The molecule has 0 radical (unpaired) electrons. The molecule has 2 heterocycles. The zero-order chi connectivity index (χ0) is 17.1. The monoisotopic (exact) mass is 337 g/mol. The largest absolute Gasteiger partial charge is 0.372 e. The van der Waals surface area contributed by atoms with E-state index in [1.807, 2.05) is 18.7 Å². The molecule has 1 N–H and O–H groups in total. The number of hydrogen-bond donors (Lipinski definition) is 1. The lowest BCUT2D eigenvalue weighted by Gasteiger charge is -2.38. The molecule has 0 spiro atoms. The number of likely N-dealkylation sites (tertiary alicyclic amines) is 1. The minimum absolute atomic E-state index is 0.0490. The lowest BCUT2D eigenvalue weighted by Crippen LogP contribution is -2.56. The molecule has 1 aliphatic carbocycles. The average molecular weight is 337 g/mol.